The highest BCUT2D eigenvalue weighted by Crippen LogP contribution is 2.06. The number of benzene rings is 1. The first-order chi connectivity index (χ1) is 9.11. The average molecular weight is 263 g/mol. The van der Waals surface area contributed by atoms with Gasteiger partial charge in [0.25, 0.3) is 0 Å². The minimum absolute atomic E-state index is 0.0650. The minimum Gasteiger partial charge on any atom is -0.480 e. The number of aliphatic carboxylic acids is 1. The summed E-state index contributed by atoms with van der Waals surface area (Å²) in [5.74, 6) is -1.25. The Morgan fingerprint density at radius 2 is 2.00 bits per heavy atom. The largest absolute Gasteiger partial charge is 0.480 e. The smallest absolute Gasteiger partial charge is 0.330 e. The van der Waals surface area contributed by atoms with Gasteiger partial charge in [-0.3, -0.25) is 4.79 Å². The van der Waals surface area contributed by atoms with Crippen molar-refractivity contribution in [2.75, 3.05) is 13.2 Å². The molecule has 0 fully saturated rings. The predicted molar refractivity (Wildman–Crippen MR) is 71.5 cm³/mol. The standard InChI is InChI=1S/C14H17NO4/c1-2-19-14(18)8-7-11-3-5-12(6-4-11)9-15-10-13(16)17/h3-8,15H,2,9-10H2,1H3,(H,16,17)/b8-7+. The molecule has 0 aromatic heterocycles. The monoisotopic (exact) mass is 263 g/mol. The lowest BCUT2D eigenvalue weighted by Crippen LogP contribution is -2.21. The highest BCUT2D eigenvalue weighted by molar-refractivity contribution is 5.87. The van der Waals surface area contributed by atoms with Crippen LogP contribution < -0.4 is 5.32 Å². The maximum atomic E-state index is 11.1. The normalized spacial score (nSPS) is 10.6. The average Bonchev–Trinajstić information content (AvgIpc) is 2.38. The number of carbonyl (C=O) groups is 2. The van der Waals surface area contributed by atoms with Gasteiger partial charge in [0.1, 0.15) is 0 Å². The summed E-state index contributed by atoms with van der Waals surface area (Å²) >= 11 is 0. The molecule has 0 unspecified atom stereocenters. The van der Waals surface area contributed by atoms with Crippen molar-refractivity contribution in [2.24, 2.45) is 0 Å². The van der Waals surface area contributed by atoms with Crippen LogP contribution in [-0.2, 0) is 20.9 Å². The van der Waals surface area contributed by atoms with Crippen molar-refractivity contribution in [3.63, 3.8) is 0 Å². The maximum absolute atomic E-state index is 11.1. The van der Waals surface area contributed by atoms with Gasteiger partial charge in [0, 0.05) is 12.6 Å². The quantitative estimate of drug-likeness (QED) is 0.575. The molecule has 0 radical (unpaired) electrons. The molecule has 0 spiro atoms. The van der Waals surface area contributed by atoms with Crippen LogP contribution in [0.4, 0.5) is 0 Å². The SMILES string of the molecule is CCOC(=O)/C=C/c1ccc(CNCC(=O)O)cc1. The van der Waals surface area contributed by atoms with Crippen LogP contribution >= 0.6 is 0 Å². The van der Waals surface area contributed by atoms with Crippen molar-refractivity contribution >= 4 is 18.0 Å². The Bertz CT molecular complexity index is 451. The second kappa shape index (κ2) is 8.05. The van der Waals surface area contributed by atoms with Gasteiger partial charge in [-0.25, -0.2) is 4.79 Å². The number of hydrogen-bond acceptors (Lipinski definition) is 4. The fourth-order valence-corrected chi connectivity index (χ4v) is 1.42. The summed E-state index contributed by atoms with van der Waals surface area (Å²) in [6, 6.07) is 7.46. The summed E-state index contributed by atoms with van der Waals surface area (Å²) in [4.78, 5) is 21.4. The number of carboxylic acid groups (broad SMARTS) is 1. The lowest BCUT2D eigenvalue weighted by Gasteiger charge is -2.02. The molecule has 5 heteroatoms. The van der Waals surface area contributed by atoms with E-state index in [1.807, 2.05) is 24.3 Å². The molecule has 1 aromatic rings. The van der Waals surface area contributed by atoms with Gasteiger partial charge < -0.3 is 15.2 Å². The molecule has 0 aliphatic rings. The molecule has 0 saturated carbocycles. The van der Waals surface area contributed by atoms with E-state index >= 15 is 0 Å². The Labute approximate surface area is 111 Å². The zero-order chi connectivity index (χ0) is 14.1. The highest BCUT2D eigenvalue weighted by Gasteiger charge is 1.97. The third-order valence-electron chi connectivity index (χ3n) is 2.28. The second-order valence-corrected chi connectivity index (χ2v) is 3.82. The van der Waals surface area contributed by atoms with Crippen molar-refractivity contribution in [1.82, 2.24) is 5.32 Å². The van der Waals surface area contributed by atoms with Crippen LogP contribution in [0.2, 0.25) is 0 Å². The van der Waals surface area contributed by atoms with Crippen molar-refractivity contribution in [1.29, 1.82) is 0 Å². The first kappa shape index (κ1) is 14.9. The van der Waals surface area contributed by atoms with Crippen molar-refractivity contribution < 1.29 is 19.4 Å². The molecule has 5 nitrogen and oxygen atoms in total. The van der Waals surface area contributed by atoms with Gasteiger partial charge >= 0.3 is 11.9 Å². The Hall–Kier alpha value is -2.14. The number of carbonyl (C=O) groups excluding carboxylic acids is 1. The predicted octanol–water partition coefficient (Wildman–Crippen LogP) is 1.44. The first-order valence-corrected chi connectivity index (χ1v) is 5.98. The number of ether oxygens (including phenoxy) is 1. The van der Waals surface area contributed by atoms with Crippen LogP contribution in [0.25, 0.3) is 6.08 Å². The van der Waals surface area contributed by atoms with Crippen LogP contribution in [0.5, 0.6) is 0 Å². The van der Waals surface area contributed by atoms with E-state index < -0.39 is 5.97 Å². The fourth-order valence-electron chi connectivity index (χ4n) is 1.42. The number of esters is 1. The van der Waals surface area contributed by atoms with E-state index in [4.69, 9.17) is 9.84 Å². The lowest BCUT2D eigenvalue weighted by atomic mass is 10.1. The van der Waals surface area contributed by atoms with E-state index in [0.29, 0.717) is 13.2 Å². The van der Waals surface area contributed by atoms with E-state index in [-0.39, 0.29) is 12.5 Å². The van der Waals surface area contributed by atoms with E-state index in [2.05, 4.69) is 5.32 Å². The van der Waals surface area contributed by atoms with E-state index in [1.54, 1.807) is 13.0 Å². The zero-order valence-electron chi connectivity index (χ0n) is 10.8. The van der Waals surface area contributed by atoms with Crippen LogP contribution in [0.1, 0.15) is 18.1 Å². The van der Waals surface area contributed by atoms with E-state index in [0.717, 1.165) is 11.1 Å². The van der Waals surface area contributed by atoms with E-state index in [9.17, 15) is 9.59 Å². The van der Waals surface area contributed by atoms with Gasteiger partial charge in [-0.2, -0.15) is 0 Å². The zero-order valence-corrected chi connectivity index (χ0v) is 10.8. The molecular formula is C14H17NO4. The molecule has 2 N–H and O–H groups in total. The van der Waals surface area contributed by atoms with Crippen molar-refractivity contribution in [3.05, 3.63) is 41.5 Å². The summed E-state index contributed by atoms with van der Waals surface area (Å²) in [7, 11) is 0. The summed E-state index contributed by atoms with van der Waals surface area (Å²) < 4.78 is 4.77. The molecule has 0 bridgehead atoms. The highest BCUT2D eigenvalue weighted by atomic mass is 16.5. The Kier molecular flexibility index (Phi) is 6.32. The molecule has 0 aliphatic heterocycles. The molecule has 0 heterocycles. The molecule has 1 aromatic carbocycles. The molecular weight excluding hydrogens is 246 g/mol. The van der Waals surface area contributed by atoms with Crippen molar-refractivity contribution in [3.8, 4) is 0 Å². The molecule has 0 atom stereocenters. The Morgan fingerprint density at radius 3 is 2.58 bits per heavy atom. The summed E-state index contributed by atoms with van der Waals surface area (Å²) in [6.07, 6.45) is 3.05. The first-order valence-electron chi connectivity index (χ1n) is 5.98. The van der Waals surface area contributed by atoms with Crippen molar-refractivity contribution in [2.45, 2.75) is 13.5 Å². The van der Waals surface area contributed by atoms with Gasteiger partial charge in [0.05, 0.1) is 13.2 Å². The number of carboxylic acids is 1. The fraction of sp³-hybridized carbons (Fsp3) is 0.286. The minimum atomic E-state index is -0.881. The molecule has 0 saturated heterocycles. The number of nitrogens with one attached hydrogen (secondary N) is 1. The van der Waals surface area contributed by atoms with Gasteiger partial charge in [-0.1, -0.05) is 24.3 Å². The van der Waals surface area contributed by atoms with Crippen LogP contribution in [0, 0.1) is 0 Å². The Morgan fingerprint density at radius 1 is 1.32 bits per heavy atom. The third-order valence-corrected chi connectivity index (χ3v) is 2.28. The Balaban J connectivity index is 2.47. The molecule has 0 aliphatic carbocycles. The van der Waals surface area contributed by atoms with Crippen LogP contribution in [0.3, 0.4) is 0 Å². The van der Waals surface area contributed by atoms with E-state index in [1.165, 1.54) is 6.08 Å². The third kappa shape index (κ3) is 6.38. The summed E-state index contributed by atoms with van der Waals surface area (Å²) in [6.45, 7) is 2.54. The molecule has 0 amide bonds. The maximum Gasteiger partial charge on any atom is 0.330 e. The number of rotatable bonds is 7. The van der Waals surface area contributed by atoms with Crippen LogP contribution in [-0.4, -0.2) is 30.2 Å². The number of hydrogen-bond donors (Lipinski definition) is 2. The van der Waals surface area contributed by atoms with Gasteiger partial charge in [0.15, 0.2) is 0 Å². The van der Waals surface area contributed by atoms with Crippen LogP contribution in [0.15, 0.2) is 30.3 Å². The molecule has 19 heavy (non-hydrogen) atoms. The van der Waals surface area contributed by atoms with Gasteiger partial charge in [-0.15, -0.1) is 0 Å². The molecule has 1 rings (SSSR count). The lowest BCUT2D eigenvalue weighted by molar-refractivity contribution is -0.137. The van der Waals surface area contributed by atoms with Gasteiger partial charge in [-0.05, 0) is 24.1 Å². The summed E-state index contributed by atoms with van der Waals surface area (Å²) in [5, 5.41) is 11.3. The van der Waals surface area contributed by atoms with Gasteiger partial charge in [0.2, 0.25) is 0 Å². The second-order valence-electron chi connectivity index (χ2n) is 3.82. The topological polar surface area (TPSA) is 75.6 Å². The summed E-state index contributed by atoms with van der Waals surface area (Å²) in [5.41, 5.74) is 1.87. The molecule has 102 valence electrons.